The highest BCUT2D eigenvalue weighted by atomic mass is 32.2. The van der Waals surface area contributed by atoms with E-state index in [0.29, 0.717) is 66.1 Å². The molecule has 33 heavy (non-hydrogen) atoms. The molecule has 0 radical (unpaired) electrons. The average molecular weight is 495 g/mol. The standard InChI is InChI=1S/C21H34O11S/c1-25-21(22)19-31-16-15-29-12-11-27-8-7-26-9-10-28-13-14-30-17-18-32-33(23,24)20-5-3-2-4-6-20/h2-6H,7-19H2,1H3. The van der Waals surface area contributed by atoms with E-state index in [1.807, 2.05) is 0 Å². The van der Waals surface area contributed by atoms with Crippen LogP contribution in [0.4, 0.5) is 0 Å². The molecule has 0 atom stereocenters. The molecular weight excluding hydrogens is 460 g/mol. The highest BCUT2D eigenvalue weighted by Gasteiger charge is 2.13. The van der Waals surface area contributed by atoms with E-state index in [-0.39, 0.29) is 24.7 Å². The van der Waals surface area contributed by atoms with E-state index in [9.17, 15) is 13.2 Å². The quantitative estimate of drug-likeness (QED) is 0.128. The van der Waals surface area contributed by atoms with Crippen molar-refractivity contribution in [2.45, 2.75) is 4.90 Å². The number of methoxy groups -OCH3 is 1. The second-order valence-corrected chi connectivity index (χ2v) is 7.90. The third-order valence-electron chi connectivity index (χ3n) is 3.81. The topological polar surface area (TPSA) is 125 Å². The number of rotatable bonds is 22. The zero-order chi connectivity index (χ0) is 24.0. The summed E-state index contributed by atoms with van der Waals surface area (Å²) < 4.78 is 64.8. The van der Waals surface area contributed by atoms with Crippen LogP contribution in [0, 0.1) is 0 Å². The summed E-state index contributed by atoms with van der Waals surface area (Å²) in [5.41, 5.74) is 0. The number of carbonyl (C=O) groups excluding carboxylic acids is 1. The molecule has 0 amide bonds. The van der Waals surface area contributed by atoms with Crippen molar-refractivity contribution in [2.75, 3.05) is 93.0 Å². The van der Waals surface area contributed by atoms with Crippen molar-refractivity contribution < 1.29 is 50.6 Å². The maximum Gasteiger partial charge on any atom is 0.331 e. The van der Waals surface area contributed by atoms with Crippen LogP contribution in [0.2, 0.25) is 0 Å². The number of hydrogen-bond acceptors (Lipinski definition) is 11. The van der Waals surface area contributed by atoms with Crippen LogP contribution < -0.4 is 0 Å². The van der Waals surface area contributed by atoms with E-state index in [4.69, 9.17) is 32.6 Å². The van der Waals surface area contributed by atoms with Crippen LogP contribution in [0.25, 0.3) is 0 Å². The van der Waals surface area contributed by atoms with Crippen molar-refractivity contribution in [3.63, 3.8) is 0 Å². The van der Waals surface area contributed by atoms with Gasteiger partial charge in [-0.15, -0.1) is 0 Å². The zero-order valence-electron chi connectivity index (χ0n) is 19.0. The van der Waals surface area contributed by atoms with Crippen molar-refractivity contribution in [3.8, 4) is 0 Å². The summed E-state index contributed by atoms with van der Waals surface area (Å²) in [5.74, 6) is -0.420. The first-order valence-electron chi connectivity index (χ1n) is 10.5. The van der Waals surface area contributed by atoms with Gasteiger partial charge in [-0.1, -0.05) is 18.2 Å². The summed E-state index contributed by atoms with van der Waals surface area (Å²) in [7, 11) is -2.45. The summed E-state index contributed by atoms with van der Waals surface area (Å²) in [5, 5.41) is 0. The fourth-order valence-electron chi connectivity index (χ4n) is 2.17. The molecule has 0 aromatic heterocycles. The van der Waals surface area contributed by atoms with Crippen LogP contribution in [0.1, 0.15) is 0 Å². The fourth-order valence-corrected chi connectivity index (χ4v) is 3.09. The molecule has 0 saturated heterocycles. The average Bonchev–Trinajstić information content (AvgIpc) is 2.83. The lowest BCUT2D eigenvalue weighted by molar-refractivity contribution is -0.146. The van der Waals surface area contributed by atoms with Gasteiger partial charge in [0.05, 0.1) is 91.3 Å². The highest BCUT2D eigenvalue weighted by molar-refractivity contribution is 7.86. The molecule has 12 heteroatoms. The van der Waals surface area contributed by atoms with Gasteiger partial charge in [0, 0.05) is 0 Å². The number of hydrogen-bond donors (Lipinski definition) is 0. The Kier molecular flexibility index (Phi) is 17.6. The first kappa shape index (κ1) is 29.4. The van der Waals surface area contributed by atoms with E-state index >= 15 is 0 Å². The van der Waals surface area contributed by atoms with Gasteiger partial charge in [0.15, 0.2) is 0 Å². The molecular formula is C21H34O11S. The Morgan fingerprint density at radius 3 is 1.45 bits per heavy atom. The second-order valence-electron chi connectivity index (χ2n) is 6.28. The van der Waals surface area contributed by atoms with Crippen molar-refractivity contribution in [1.82, 2.24) is 0 Å². The van der Waals surface area contributed by atoms with Gasteiger partial charge in [-0.25, -0.2) is 4.79 Å². The Hall–Kier alpha value is -1.64. The summed E-state index contributed by atoms with van der Waals surface area (Å²) in [4.78, 5) is 10.9. The highest BCUT2D eigenvalue weighted by Crippen LogP contribution is 2.10. The molecule has 11 nitrogen and oxygen atoms in total. The van der Waals surface area contributed by atoms with E-state index in [1.165, 1.54) is 19.2 Å². The Bertz CT molecular complexity index is 697. The smallest absolute Gasteiger partial charge is 0.331 e. The number of benzene rings is 1. The predicted molar refractivity (Wildman–Crippen MR) is 117 cm³/mol. The normalized spacial score (nSPS) is 11.5. The number of ether oxygens (including phenoxy) is 7. The molecule has 0 spiro atoms. The van der Waals surface area contributed by atoms with Crippen LogP contribution >= 0.6 is 0 Å². The van der Waals surface area contributed by atoms with E-state index in [0.717, 1.165) is 0 Å². The predicted octanol–water partition coefficient (Wildman–Crippen LogP) is 0.665. The minimum absolute atomic E-state index is 0.0610. The van der Waals surface area contributed by atoms with Gasteiger partial charge in [-0.2, -0.15) is 8.42 Å². The van der Waals surface area contributed by atoms with Crippen LogP contribution in [-0.4, -0.2) is 107 Å². The molecule has 190 valence electrons. The molecule has 0 bridgehead atoms. The van der Waals surface area contributed by atoms with E-state index < -0.39 is 16.1 Å². The second kappa shape index (κ2) is 19.8. The van der Waals surface area contributed by atoms with E-state index in [2.05, 4.69) is 4.74 Å². The van der Waals surface area contributed by atoms with Gasteiger partial charge < -0.3 is 33.2 Å². The van der Waals surface area contributed by atoms with Crippen LogP contribution in [0.15, 0.2) is 35.2 Å². The molecule has 1 aromatic carbocycles. The van der Waals surface area contributed by atoms with E-state index in [1.54, 1.807) is 18.2 Å². The van der Waals surface area contributed by atoms with Crippen molar-refractivity contribution >= 4 is 16.1 Å². The first-order chi connectivity index (χ1) is 16.1. The lowest BCUT2D eigenvalue weighted by Gasteiger charge is -2.08. The van der Waals surface area contributed by atoms with Crippen molar-refractivity contribution in [3.05, 3.63) is 30.3 Å². The fraction of sp³-hybridized carbons (Fsp3) is 0.667. The van der Waals surface area contributed by atoms with Gasteiger partial charge in [-0.3, -0.25) is 4.18 Å². The van der Waals surface area contributed by atoms with Crippen LogP contribution in [0.5, 0.6) is 0 Å². The first-order valence-corrected chi connectivity index (χ1v) is 11.9. The van der Waals surface area contributed by atoms with Crippen LogP contribution in [-0.2, 0) is 52.3 Å². The molecule has 1 rings (SSSR count). The lowest BCUT2D eigenvalue weighted by atomic mass is 10.4. The maximum absolute atomic E-state index is 11.9. The zero-order valence-corrected chi connectivity index (χ0v) is 19.8. The SMILES string of the molecule is COC(=O)COCCOCCOCCOCCOCCOCCOS(=O)(=O)c1ccccc1. The van der Waals surface area contributed by atoms with Gasteiger partial charge in [0.2, 0.25) is 0 Å². The van der Waals surface area contributed by atoms with Gasteiger partial charge in [0.25, 0.3) is 10.1 Å². The van der Waals surface area contributed by atoms with Crippen molar-refractivity contribution in [1.29, 1.82) is 0 Å². The summed E-state index contributed by atoms with van der Waals surface area (Å²) in [6.07, 6.45) is 0. The molecule has 0 heterocycles. The molecule has 0 unspecified atom stereocenters. The van der Waals surface area contributed by atoms with Gasteiger partial charge in [0.1, 0.15) is 6.61 Å². The third-order valence-corrected chi connectivity index (χ3v) is 5.13. The monoisotopic (exact) mass is 494 g/mol. The molecule has 0 saturated carbocycles. The molecule has 0 N–H and O–H groups in total. The van der Waals surface area contributed by atoms with Gasteiger partial charge in [-0.05, 0) is 12.1 Å². The Labute approximate surface area is 195 Å². The van der Waals surface area contributed by atoms with Crippen LogP contribution in [0.3, 0.4) is 0 Å². The molecule has 0 fully saturated rings. The maximum atomic E-state index is 11.9. The largest absolute Gasteiger partial charge is 0.467 e. The molecule has 0 aliphatic carbocycles. The Balaban J connectivity index is 1.77. The Morgan fingerprint density at radius 1 is 0.636 bits per heavy atom. The minimum Gasteiger partial charge on any atom is -0.467 e. The van der Waals surface area contributed by atoms with Crippen molar-refractivity contribution in [2.24, 2.45) is 0 Å². The summed E-state index contributed by atoms with van der Waals surface area (Å²) in [6.45, 7) is 3.96. The number of esters is 1. The number of carbonyl (C=O) groups is 1. The minimum atomic E-state index is -3.75. The molecule has 1 aromatic rings. The summed E-state index contributed by atoms with van der Waals surface area (Å²) in [6, 6.07) is 7.95. The molecule has 0 aliphatic heterocycles. The Morgan fingerprint density at radius 2 is 1.03 bits per heavy atom. The third kappa shape index (κ3) is 16.6. The lowest BCUT2D eigenvalue weighted by Crippen LogP contribution is -2.16. The van der Waals surface area contributed by atoms with Gasteiger partial charge >= 0.3 is 5.97 Å². The summed E-state index contributed by atoms with van der Waals surface area (Å²) >= 11 is 0. The molecule has 0 aliphatic rings.